The zero-order chi connectivity index (χ0) is 23.4. The molecule has 1 aliphatic heterocycles. The number of aromatic nitrogens is 1. The van der Waals surface area contributed by atoms with Crippen molar-refractivity contribution in [2.24, 2.45) is 0 Å². The summed E-state index contributed by atoms with van der Waals surface area (Å²) < 4.78 is 31.2. The normalized spacial score (nSPS) is 15.1. The van der Waals surface area contributed by atoms with Crippen LogP contribution in [0.4, 0.5) is 5.13 Å². The van der Waals surface area contributed by atoms with Crippen molar-refractivity contribution in [1.82, 2.24) is 9.88 Å². The third-order valence-corrected chi connectivity index (χ3v) is 8.66. The molecule has 7 nitrogen and oxygen atoms in total. The smallest absolute Gasteiger partial charge is 0.260 e. The molecule has 0 unspecified atom stereocenters. The quantitative estimate of drug-likeness (QED) is 0.483. The summed E-state index contributed by atoms with van der Waals surface area (Å²) >= 11 is 1.49. The van der Waals surface area contributed by atoms with E-state index in [1.807, 2.05) is 6.07 Å². The molecule has 3 aromatic rings. The van der Waals surface area contributed by atoms with Crippen LogP contribution in [0.5, 0.6) is 0 Å². The van der Waals surface area contributed by atoms with Crippen molar-refractivity contribution in [3.63, 3.8) is 0 Å². The molecule has 1 amide bonds. The van der Waals surface area contributed by atoms with Crippen molar-refractivity contribution in [3.05, 3.63) is 53.6 Å². The topological polar surface area (TPSA) is 79.8 Å². The van der Waals surface area contributed by atoms with Gasteiger partial charge in [-0.3, -0.25) is 14.6 Å². The zero-order valence-electron chi connectivity index (χ0n) is 19.0. The van der Waals surface area contributed by atoms with E-state index in [1.54, 1.807) is 24.0 Å². The van der Waals surface area contributed by atoms with Crippen molar-refractivity contribution in [1.29, 1.82) is 0 Å². The van der Waals surface area contributed by atoms with Gasteiger partial charge in [0.2, 0.25) is 0 Å². The number of hydrogen-bond acceptors (Lipinski definition) is 7. The van der Waals surface area contributed by atoms with E-state index in [0.717, 1.165) is 29.7 Å². The van der Waals surface area contributed by atoms with Crippen LogP contribution in [0.3, 0.4) is 0 Å². The number of nitrogens with zero attached hydrogens (tertiary/aromatic N) is 3. The second-order valence-electron chi connectivity index (χ2n) is 7.99. The van der Waals surface area contributed by atoms with E-state index in [-0.39, 0.29) is 16.6 Å². The Hall–Kier alpha value is -2.33. The number of benzene rings is 2. The summed E-state index contributed by atoms with van der Waals surface area (Å²) in [6.07, 6.45) is 0.932. The van der Waals surface area contributed by atoms with Gasteiger partial charge >= 0.3 is 0 Å². The number of carbonyl (C=O) groups is 1. The van der Waals surface area contributed by atoms with Crippen LogP contribution in [0.25, 0.3) is 10.2 Å². The van der Waals surface area contributed by atoms with E-state index in [0.29, 0.717) is 37.0 Å². The fourth-order valence-electron chi connectivity index (χ4n) is 3.79. The van der Waals surface area contributed by atoms with Crippen LogP contribution in [0.1, 0.15) is 29.8 Å². The van der Waals surface area contributed by atoms with E-state index in [1.165, 1.54) is 29.0 Å². The van der Waals surface area contributed by atoms with Gasteiger partial charge in [-0.1, -0.05) is 37.3 Å². The molecule has 2 heterocycles. The molecular weight excluding hydrogens is 458 g/mol. The lowest BCUT2D eigenvalue weighted by atomic mass is 10.2. The van der Waals surface area contributed by atoms with Crippen molar-refractivity contribution in [2.45, 2.75) is 25.2 Å². The second kappa shape index (κ2) is 10.3. The largest absolute Gasteiger partial charge is 0.379 e. The molecule has 9 heteroatoms. The van der Waals surface area contributed by atoms with Crippen molar-refractivity contribution >= 4 is 42.4 Å². The Morgan fingerprint density at radius 3 is 2.67 bits per heavy atom. The molecule has 2 aromatic carbocycles. The van der Waals surface area contributed by atoms with Gasteiger partial charge in [0, 0.05) is 31.7 Å². The number of carbonyl (C=O) groups excluding carboxylic acids is 1. The molecule has 0 N–H and O–H groups in total. The van der Waals surface area contributed by atoms with Gasteiger partial charge in [-0.2, -0.15) is 0 Å². The highest BCUT2D eigenvalue weighted by molar-refractivity contribution is 7.91. The first-order valence-corrected chi connectivity index (χ1v) is 13.7. The van der Waals surface area contributed by atoms with Crippen molar-refractivity contribution < 1.29 is 17.9 Å². The lowest BCUT2D eigenvalue weighted by molar-refractivity contribution is 0.0391. The van der Waals surface area contributed by atoms with Crippen LogP contribution in [0.2, 0.25) is 0 Å². The molecule has 0 radical (unpaired) electrons. The standard InChI is InChI=1S/C24H29N3O4S2/c1-3-18-8-9-21-22(16-18)32-24(25-21)27(11-10-26-12-14-31-15-13-26)23(28)19-6-5-7-20(17-19)33(29,30)4-2/h5-9,16-17H,3-4,10-15H2,1-2H3. The molecule has 0 spiro atoms. The number of sulfone groups is 1. The van der Waals surface area contributed by atoms with Crippen molar-refractivity contribution in [2.75, 3.05) is 50.0 Å². The maximum atomic E-state index is 13.6. The molecule has 176 valence electrons. The number of fused-ring (bicyclic) bond motifs is 1. The van der Waals surface area contributed by atoms with Crippen LogP contribution in [0, 0.1) is 0 Å². The van der Waals surface area contributed by atoms with Crippen LogP contribution in [0.15, 0.2) is 47.4 Å². The maximum Gasteiger partial charge on any atom is 0.260 e. The van der Waals surface area contributed by atoms with Gasteiger partial charge in [-0.25, -0.2) is 13.4 Å². The molecule has 0 bridgehead atoms. The number of thiazole rings is 1. The molecule has 1 aliphatic rings. The molecule has 1 aromatic heterocycles. The minimum Gasteiger partial charge on any atom is -0.379 e. The summed E-state index contributed by atoms with van der Waals surface area (Å²) in [5, 5.41) is 0.625. The Labute approximate surface area is 198 Å². The van der Waals surface area contributed by atoms with Gasteiger partial charge in [0.1, 0.15) is 0 Å². The number of anilines is 1. The van der Waals surface area contributed by atoms with Crippen LogP contribution in [-0.2, 0) is 21.0 Å². The fraction of sp³-hybridized carbons (Fsp3) is 0.417. The van der Waals surface area contributed by atoms with Gasteiger partial charge in [-0.05, 0) is 42.3 Å². The Morgan fingerprint density at radius 2 is 1.94 bits per heavy atom. The molecule has 1 fully saturated rings. The summed E-state index contributed by atoms with van der Waals surface area (Å²) in [5.74, 6) is -0.255. The molecule has 33 heavy (non-hydrogen) atoms. The summed E-state index contributed by atoms with van der Waals surface area (Å²) in [6.45, 7) is 7.89. The summed E-state index contributed by atoms with van der Waals surface area (Å²) in [4.78, 5) is 22.5. The van der Waals surface area contributed by atoms with Gasteiger partial charge in [-0.15, -0.1) is 0 Å². The van der Waals surface area contributed by atoms with Gasteiger partial charge in [0.05, 0.1) is 34.1 Å². The SMILES string of the molecule is CCc1ccc2nc(N(CCN3CCOCC3)C(=O)c3cccc(S(=O)(=O)CC)c3)sc2c1. The third-order valence-electron chi connectivity index (χ3n) is 5.89. The Bertz CT molecular complexity index is 1230. The van der Waals surface area contributed by atoms with E-state index in [2.05, 4.69) is 24.0 Å². The highest BCUT2D eigenvalue weighted by atomic mass is 32.2. The predicted molar refractivity (Wildman–Crippen MR) is 132 cm³/mol. The first-order valence-electron chi connectivity index (χ1n) is 11.3. The first kappa shape index (κ1) is 23.8. The number of amides is 1. The number of morpholine rings is 1. The van der Waals surface area contributed by atoms with E-state index < -0.39 is 9.84 Å². The predicted octanol–water partition coefficient (Wildman–Crippen LogP) is 3.63. The number of hydrogen-bond donors (Lipinski definition) is 0. The Balaban J connectivity index is 1.68. The van der Waals surface area contributed by atoms with E-state index in [9.17, 15) is 13.2 Å². The van der Waals surface area contributed by atoms with Gasteiger partial charge in [0.25, 0.3) is 5.91 Å². The van der Waals surface area contributed by atoms with Gasteiger partial charge < -0.3 is 4.74 Å². The fourth-order valence-corrected chi connectivity index (χ4v) is 5.77. The Kier molecular flexibility index (Phi) is 7.43. The summed E-state index contributed by atoms with van der Waals surface area (Å²) in [6, 6.07) is 12.5. The molecule has 0 aliphatic carbocycles. The van der Waals surface area contributed by atoms with Crippen LogP contribution >= 0.6 is 11.3 Å². The average molecular weight is 488 g/mol. The van der Waals surface area contributed by atoms with Crippen LogP contribution < -0.4 is 4.90 Å². The first-order chi connectivity index (χ1) is 15.9. The minimum absolute atomic E-state index is 0.0109. The van der Waals surface area contributed by atoms with E-state index in [4.69, 9.17) is 9.72 Å². The summed E-state index contributed by atoms with van der Waals surface area (Å²) in [5.41, 5.74) is 2.43. The third kappa shape index (κ3) is 5.43. The molecule has 1 saturated heterocycles. The molecule has 4 rings (SSSR count). The highest BCUT2D eigenvalue weighted by Crippen LogP contribution is 2.31. The number of ether oxygens (including phenoxy) is 1. The summed E-state index contributed by atoms with van der Waals surface area (Å²) in [7, 11) is -3.41. The van der Waals surface area contributed by atoms with Crippen molar-refractivity contribution in [3.8, 4) is 0 Å². The molecule has 0 atom stereocenters. The van der Waals surface area contributed by atoms with E-state index >= 15 is 0 Å². The monoisotopic (exact) mass is 487 g/mol. The zero-order valence-corrected chi connectivity index (χ0v) is 20.6. The minimum atomic E-state index is -3.41. The molecule has 0 saturated carbocycles. The number of aryl methyl sites for hydroxylation is 1. The lowest BCUT2D eigenvalue weighted by Gasteiger charge is -2.29. The average Bonchev–Trinajstić information content (AvgIpc) is 3.27. The van der Waals surface area contributed by atoms with Gasteiger partial charge in [0.15, 0.2) is 15.0 Å². The lowest BCUT2D eigenvalue weighted by Crippen LogP contribution is -2.43. The number of rotatable bonds is 8. The highest BCUT2D eigenvalue weighted by Gasteiger charge is 2.24. The Morgan fingerprint density at radius 1 is 1.15 bits per heavy atom. The second-order valence-corrected chi connectivity index (χ2v) is 11.3. The van der Waals surface area contributed by atoms with Crippen LogP contribution in [-0.4, -0.2) is 69.4 Å². The molecular formula is C24H29N3O4S2. The maximum absolute atomic E-state index is 13.6.